The first-order valence-corrected chi connectivity index (χ1v) is 3.28. The van der Waals surface area contributed by atoms with Gasteiger partial charge in [-0.1, -0.05) is 12.2 Å². The van der Waals surface area contributed by atoms with Crippen molar-refractivity contribution in [2.45, 2.75) is 13.2 Å². The van der Waals surface area contributed by atoms with Crippen molar-refractivity contribution in [3.8, 4) is 0 Å². The van der Waals surface area contributed by atoms with E-state index in [1.54, 1.807) is 0 Å². The molecule has 1 rings (SSSR count). The Kier molecular flexibility index (Phi) is 2.81. The third-order valence-corrected chi connectivity index (χ3v) is 1.26. The monoisotopic (exact) mass is 126 g/mol. The first-order valence-electron chi connectivity index (χ1n) is 3.28. The summed E-state index contributed by atoms with van der Waals surface area (Å²) >= 11 is 0. The molecule has 2 nitrogen and oxygen atoms in total. The predicted octanol–water partition coefficient (Wildman–Crippen LogP) is 1.10. The predicted molar refractivity (Wildman–Crippen MR) is 37.3 cm³/mol. The quantitative estimate of drug-likeness (QED) is 0.407. The molecule has 50 valence electrons. The lowest BCUT2D eigenvalue weighted by Gasteiger charge is -1.96. The Morgan fingerprint density at radius 3 is 2.67 bits per heavy atom. The first kappa shape index (κ1) is 6.84. The van der Waals surface area contributed by atoms with Crippen molar-refractivity contribution in [2.75, 3.05) is 13.2 Å². The summed E-state index contributed by atoms with van der Waals surface area (Å²) in [5, 5.41) is 0. The van der Waals surface area contributed by atoms with Gasteiger partial charge in [0.25, 0.3) is 0 Å². The summed E-state index contributed by atoms with van der Waals surface area (Å²) in [6.45, 7) is 3.50. The van der Waals surface area contributed by atoms with Crippen LogP contribution in [0.2, 0.25) is 6.32 Å². The van der Waals surface area contributed by atoms with Crippen molar-refractivity contribution in [1.82, 2.24) is 0 Å². The largest absolute Gasteiger partial charge is 0.461 e. The highest BCUT2D eigenvalue weighted by atomic mass is 16.6. The Hall–Kier alpha value is -0.275. The molecule has 0 spiro atoms. The minimum absolute atomic E-state index is 0.0289. The Morgan fingerprint density at radius 2 is 2.11 bits per heavy atom. The lowest BCUT2D eigenvalue weighted by Crippen LogP contribution is -2.11. The van der Waals surface area contributed by atoms with Gasteiger partial charge in [-0.25, -0.2) is 0 Å². The van der Waals surface area contributed by atoms with Crippen LogP contribution in [0.25, 0.3) is 0 Å². The second-order valence-corrected chi connectivity index (χ2v) is 1.98. The van der Waals surface area contributed by atoms with E-state index in [1.807, 2.05) is 13.0 Å². The molecule has 1 saturated heterocycles. The highest BCUT2D eigenvalue weighted by Crippen LogP contribution is 2.04. The summed E-state index contributed by atoms with van der Waals surface area (Å²) in [5.41, 5.74) is 0. The van der Waals surface area contributed by atoms with Gasteiger partial charge >= 0.3 is 7.12 Å². The fraction of sp³-hybridized carbons (Fsp3) is 0.667. The molecule has 0 amide bonds. The van der Waals surface area contributed by atoms with Gasteiger partial charge in [0.05, 0.1) is 13.2 Å². The third-order valence-electron chi connectivity index (χ3n) is 1.26. The topological polar surface area (TPSA) is 18.5 Å². The molecular weight excluding hydrogens is 115 g/mol. The van der Waals surface area contributed by atoms with E-state index in [9.17, 15) is 0 Å². The number of rotatable bonds is 2. The van der Waals surface area contributed by atoms with Gasteiger partial charge < -0.3 is 9.31 Å². The van der Waals surface area contributed by atoms with Gasteiger partial charge in [0.1, 0.15) is 0 Å². The van der Waals surface area contributed by atoms with E-state index in [-0.39, 0.29) is 7.12 Å². The van der Waals surface area contributed by atoms with Crippen LogP contribution in [0.4, 0.5) is 0 Å². The van der Waals surface area contributed by atoms with Gasteiger partial charge in [-0.15, -0.1) is 0 Å². The maximum absolute atomic E-state index is 5.18. The van der Waals surface area contributed by atoms with E-state index < -0.39 is 0 Å². The summed E-state index contributed by atoms with van der Waals surface area (Å²) in [5.74, 6) is 0. The number of allylic oxidation sites excluding steroid dienone is 2. The molecule has 1 heterocycles. The van der Waals surface area contributed by atoms with Crippen LogP contribution >= 0.6 is 0 Å². The lowest BCUT2D eigenvalue weighted by molar-refractivity contribution is 0.365. The smallest absolute Gasteiger partial charge is 0.409 e. The molecule has 1 aliphatic rings. The van der Waals surface area contributed by atoms with Gasteiger partial charge in [-0.3, -0.25) is 0 Å². The van der Waals surface area contributed by atoms with Crippen LogP contribution in [-0.2, 0) is 9.31 Å². The molecule has 3 heteroatoms. The minimum atomic E-state index is 0.0289. The van der Waals surface area contributed by atoms with E-state index in [1.165, 1.54) is 0 Å². The van der Waals surface area contributed by atoms with Crippen LogP contribution in [0.1, 0.15) is 6.92 Å². The zero-order chi connectivity index (χ0) is 6.53. The van der Waals surface area contributed by atoms with E-state index >= 15 is 0 Å². The van der Waals surface area contributed by atoms with Crippen molar-refractivity contribution in [2.24, 2.45) is 0 Å². The highest BCUT2D eigenvalue weighted by Gasteiger charge is 2.20. The van der Waals surface area contributed by atoms with Crippen molar-refractivity contribution in [3.63, 3.8) is 0 Å². The summed E-state index contributed by atoms with van der Waals surface area (Å²) in [4.78, 5) is 0. The Morgan fingerprint density at radius 1 is 1.44 bits per heavy atom. The average Bonchev–Trinajstić information content (AvgIpc) is 2.34. The molecule has 1 aliphatic heterocycles. The fourth-order valence-corrected chi connectivity index (χ4v) is 0.791. The molecule has 9 heavy (non-hydrogen) atoms. The molecule has 0 unspecified atom stereocenters. The molecule has 0 atom stereocenters. The molecule has 0 N–H and O–H groups in total. The zero-order valence-corrected chi connectivity index (χ0v) is 5.67. The van der Waals surface area contributed by atoms with Crippen LogP contribution in [0.3, 0.4) is 0 Å². The molecule has 0 bridgehead atoms. The van der Waals surface area contributed by atoms with E-state index in [2.05, 4.69) is 6.08 Å². The molecule has 1 fully saturated rings. The summed E-state index contributed by atoms with van der Waals surface area (Å²) in [6.07, 6.45) is 4.94. The van der Waals surface area contributed by atoms with Crippen LogP contribution in [-0.4, -0.2) is 20.3 Å². The van der Waals surface area contributed by atoms with Crippen molar-refractivity contribution in [1.29, 1.82) is 0 Å². The summed E-state index contributed by atoms with van der Waals surface area (Å²) in [6, 6.07) is 0. The minimum Gasteiger partial charge on any atom is -0.409 e. The third kappa shape index (κ3) is 2.20. The van der Waals surface area contributed by atoms with Crippen LogP contribution in [0, 0.1) is 0 Å². The maximum Gasteiger partial charge on any atom is 0.461 e. The Labute approximate surface area is 56.0 Å². The zero-order valence-electron chi connectivity index (χ0n) is 5.67. The average molecular weight is 126 g/mol. The lowest BCUT2D eigenvalue weighted by atomic mass is 9.85. The van der Waals surface area contributed by atoms with E-state index in [4.69, 9.17) is 9.31 Å². The summed E-state index contributed by atoms with van der Waals surface area (Å²) < 4.78 is 10.4. The van der Waals surface area contributed by atoms with Gasteiger partial charge in [-0.05, 0) is 6.92 Å². The van der Waals surface area contributed by atoms with Crippen molar-refractivity contribution >= 4 is 7.12 Å². The van der Waals surface area contributed by atoms with E-state index in [0.29, 0.717) is 0 Å². The van der Waals surface area contributed by atoms with Gasteiger partial charge in [0.15, 0.2) is 0 Å². The fourth-order valence-electron chi connectivity index (χ4n) is 0.791. The maximum atomic E-state index is 5.18. The van der Waals surface area contributed by atoms with Crippen molar-refractivity contribution in [3.05, 3.63) is 12.2 Å². The molecule has 0 aromatic rings. The normalized spacial score (nSPS) is 19.9. The second-order valence-electron chi connectivity index (χ2n) is 1.98. The second kappa shape index (κ2) is 3.69. The highest BCUT2D eigenvalue weighted by molar-refractivity contribution is 6.45. The van der Waals surface area contributed by atoms with Gasteiger partial charge in [0, 0.05) is 6.32 Å². The SMILES string of the molecule is C/C=C/CB1OCCO1. The van der Waals surface area contributed by atoms with Crippen LogP contribution in [0.5, 0.6) is 0 Å². The molecule has 0 aliphatic carbocycles. The molecule has 0 radical (unpaired) electrons. The number of hydrogen-bond donors (Lipinski definition) is 0. The molecule has 0 saturated carbocycles. The van der Waals surface area contributed by atoms with Crippen LogP contribution in [0.15, 0.2) is 12.2 Å². The summed E-state index contributed by atoms with van der Waals surface area (Å²) in [7, 11) is 0.0289. The standard InChI is InChI=1S/C6H11BO2/c1-2-3-4-7-8-5-6-9-7/h2-3H,4-6H2,1H3/b3-2+. The number of hydrogen-bond acceptors (Lipinski definition) is 2. The molecule has 0 aromatic carbocycles. The van der Waals surface area contributed by atoms with Gasteiger partial charge in [0.2, 0.25) is 0 Å². The van der Waals surface area contributed by atoms with Gasteiger partial charge in [-0.2, -0.15) is 0 Å². The van der Waals surface area contributed by atoms with Crippen LogP contribution < -0.4 is 0 Å². The van der Waals surface area contributed by atoms with Crippen molar-refractivity contribution < 1.29 is 9.31 Å². The first-order chi connectivity index (χ1) is 4.43. The van der Waals surface area contributed by atoms with E-state index in [0.717, 1.165) is 19.5 Å². The Bertz CT molecular complexity index is 97.2. The molecular formula is C6H11BO2. The molecule has 0 aromatic heterocycles. The Balaban J connectivity index is 2.11.